The van der Waals surface area contributed by atoms with Crippen LogP contribution in [-0.2, 0) is 5.75 Å². The van der Waals surface area contributed by atoms with Crippen molar-refractivity contribution in [1.82, 2.24) is 5.32 Å². The Bertz CT molecular complexity index is 482. The fourth-order valence-electron chi connectivity index (χ4n) is 1.53. The fourth-order valence-corrected chi connectivity index (χ4v) is 2.27. The lowest BCUT2D eigenvalue weighted by atomic mass is 10.1. The minimum absolute atomic E-state index is 0.0258. The van der Waals surface area contributed by atoms with E-state index < -0.39 is 4.92 Å². The van der Waals surface area contributed by atoms with Crippen molar-refractivity contribution in [2.75, 3.05) is 25.4 Å². The van der Waals surface area contributed by atoms with Crippen molar-refractivity contribution >= 4 is 23.4 Å². The van der Waals surface area contributed by atoms with Crippen molar-refractivity contribution in [3.8, 4) is 0 Å². The molecule has 0 saturated carbocycles. The third-order valence-electron chi connectivity index (χ3n) is 2.47. The molecule has 0 saturated heterocycles. The van der Waals surface area contributed by atoms with Gasteiger partial charge in [-0.05, 0) is 6.07 Å². The summed E-state index contributed by atoms with van der Waals surface area (Å²) in [7, 11) is 0. The second-order valence-electron chi connectivity index (χ2n) is 3.92. The van der Waals surface area contributed by atoms with Gasteiger partial charge in [-0.1, -0.05) is 6.07 Å². The van der Waals surface area contributed by atoms with Crippen molar-refractivity contribution in [2.24, 2.45) is 5.73 Å². The highest BCUT2D eigenvalue weighted by atomic mass is 32.2. The standard InChI is InChI=1S/C12H17N3O4S/c13-3-4-14-12(17)9-1-2-10(8-20-6-5-16)11(7-9)15(18)19/h1-2,7,16H,3-6,8,13H2,(H,14,17). The molecule has 1 aromatic carbocycles. The zero-order valence-electron chi connectivity index (χ0n) is 10.9. The molecule has 0 aliphatic heterocycles. The number of nitrogens with two attached hydrogens (primary N) is 1. The topological polar surface area (TPSA) is 118 Å². The summed E-state index contributed by atoms with van der Waals surface area (Å²) >= 11 is 1.39. The number of nitro benzene ring substituents is 1. The molecule has 0 heterocycles. The number of hydrogen-bond acceptors (Lipinski definition) is 6. The van der Waals surface area contributed by atoms with Gasteiger partial charge in [0.1, 0.15) is 0 Å². The maximum atomic E-state index is 11.7. The number of nitro groups is 1. The zero-order chi connectivity index (χ0) is 15.0. The molecular formula is C12H17N3O4S. The van der Waals surface area contributed by atoms with E-state index in [4.69, 9.17) is 10.8 Å². The van der Waals surface area contributed by atoms with Crippen molar-refractivity contribution in [3.63, 3.8) is 0 Å². The van der Waals surface area contributed by atoms with Crippen LogP contribution >= 0.6 is 11.8 Å². The van der Waals surface area contributed by atoms with Gasteiger partial charge in [0.05, 0.1) is 11.5 Å². The van der Waals surface area contributed by atoms with Gasteiger partial charge < -0.3 is 16.2 Å². The summed E-state index contributed by atoms with van der Waals surface area (Å²) in [5, 5.41) is 22.3. The van der Waals surface area contributed by atoms with Crippen LogP contribution in [0.15, 0.2) is 18.2 Å². The Kier molecular flexibility index (Phi) is 6.99. The van der Waals surface area contributed by atoms with Crippen molar-refractivity contribution in [3.05, 3.63) is 39.4 Å². The summed E-state index contributed by atoms with van der Waals surface area (Å²) in [4.78, 5) is 22.3. The van der Waals surface area contributed by atoms with Crippen molar-refractivity contribution < 1.29 is 14.8 Å². The fraction of sp³-hybridized carbons (Fsp3) is 0.417. The Labute approximate surface area is 120 Å². The molecular weight excluding hydrogens is 282 g/mol. The van der Waals surface area contributed by atoms with E-state index in [2.05, 4.69) is 5.32 Å². The second kappa shape index (κ2) is 8.51. The van der Waals surface area contributed by atoms with Gasteiger partial charge in [-0.3, -0.25) is 14.9 Å². The Balaban J connectivity index is 2.89. The molecule has 0 fully saturated rings. The van der Waals surface area contributed by atoms with Gasteiger partial charge in [-0.15, -0.1) is 0 Å². The van der Waals surface area contributed by atoms with Gasteiger partial charge in [0.15, 0.2) is 0 Å². The molecule has 8 heteroatoms. The van der Waals surface area contributed by atoms with Crippen LogP contribution in [0.5, 0.6) is 0 Å². The van der Waals surface area contributed by atoms with Crippen molar-refractivity contribution in [2.45, 2.75) is 5.75 Å². The lowest BCUT2D eigenvalue weighted by molar-refractivity contribution is -0.385. The number of nitrogens with zero attached hydrogens (tertiary/aromatic N) is 1. The molecule has 4 N–H and O–H groups in total. The first-order chi connectivity index (χ1) is 9.60. The molecule has 7 nitrogen and oxygen atoms in total. The molecule has 1 rings (SSSR count). The van der Waals surface area contributed by atoms with Crippen LogP contribution in [0, 0.1) is 10.1 Å². The predicted molar refractivity (Wildman–Crippen MR) is 77.7 cm³/mol. The van der Waals surface area contributed by atoms with E-state index >= 15 is 0 Å². The van der Waals surface area contributed by atoms with Crippen LogP contribution in [-0.4, -0.2) is 41.4 Å². The van der Waals surface area contributed by atoms with Gasteiger partial charge in [-0.25, -0.2) is 0 Å². The normalized spacial score (nSPS) is 10.3. The SMILES string of the molecule is NCCNC(=O)c1ccc(CSCCO)c([N+](=O)[O-])c1. The Morgan fingerprint density at radius 1 is 1.50 bits per heavy atom. The number of thioether (sulfide) groups is 1. The summed E-state index contributed by atoms with van der Waals surface area (Å²) < 4.78 is 0. The maximum Gasteiger partial charge on any atom is 0.274 e. The van der Waals surface area contributed by atoms with Gasteiger partial charge in [-0.2, -0.15) is 11.8 Å². The molecule has 0 aliphatic rings. The summed E-state index contributed by atoms with van der Waals surface area (Å²) in [5.74, 6) is 0.547. The van der Waals surface area contributed by atoms with Gasteiger partial charge in [0.2, 0.25) is 0 Å². The van der Waals surface area contributed by atoms with Crippen LogP contribution in [0.1, 0.15) is 15.9 Å². The Morgan fingerprint density at radius 2 is 2.25 bits per heavy atom. The van der Waals surface area contributed by atoms with Crippen LogP contribution in [0.4, 0.5) is 5.69 Å². The quantitative estimate of drug-likeness (QED) is 0.365. The number of rotatable bonds is 8. The number of nitrogens with one attached hydrogen (secondary N) is 1. The number of amides is 1. The average Bonchev–Trinajstić information content (AvgIpc) is 2.45. The highest BCUT2D eigenvalue weighted by Gasteiger charge is 2.17. The molecule has 0 unspecified atom stereocenters. The van der Waals surface area contributed by atoms with Gasteiger partial charge in [0, 0.05) is 41.8 Å². The van der Waals surface area contributed by atoms with E-state index in [-0.39, 0.29) is 23.8 Å². The smallest absolute Gasteiger partial charge is 0.274 e. The molecule has 1 amide bonds. The number of benzene rings is 1. The minimum atomic E-state index is -0.505. The molecule has 20 heavy (non-hydrogen) atoms. The maximum absolute atomic E-state index is 11.7. The second-order valence-corrected chi connectivity index (χ2v) is 5.03. The number of hydrogen-bond donors (Lipinski definition) is 3. The Hall–Kier alpha value is -1.64. The van der Waals surface area contributed by atoms with Gasteiger partial charge >= 0.3 is 0 Å². The summed E-state index contributed by atoms with van der Waals surface area (Å²) in [6, 6.07) is 4.38. The average molecular weight is 299 g/mol. The zero-order valence-corrected chi connectivity index (χ0v) is 11.7. The lowest BCUT2D eigenvalue weighted by Gasteiger charge is -2.06. The van der Waals surface area contributed by atoms with Crippen LogP contribution < -0.4 is 11.1 Å². The van der Waals surface area contributed by atoms with E-state index in [1.165, 1.54) is 17.8 Å². The summed E-state index contributed by atoms with van der Waals surface area (Å²) in [6.45, 7) is 0.655. The highest BCUT2D eigenvalue weighted by Crippen LogP contribution is 2.24. The highest BCUT2D eigenvalue weighted by molar-refractivity contribution is 7.98. The first-order valence-electron chi connectivity index (χ1n) is 6.04. The summed E-state index contributed by atoms with van der Waals surface area (Å²) in [6.07, 6.45) is 0. The first kappa shape index (κ1) is 16.4. The van der Waals surface area contributed by atoms with Crippen molar-refractivity contribution in [1.29, 1.82) is 0 Å². The largest absolute Gasteiger partial charge is 0.396 e. The number of carbonyl (C=O) groups excluding carboxylic acids is 1. The lowest BCUT2D eigenvalue weighted by Crippen LogP contribution is -2.29. The van der Waals surface area contributed by atoms with Gasteiger partial charge in [0.25, 0.3) is 11.6 Å². The third-order valence-corrected chi connectivity index (χ3v) is 3.45. The molecule has 0 bridgehead atoms. The van der Waals surface area contributed by atoms with Crippen LogP contribution in [0.25, 0.3) is 0 Å². The molecule has 110 valence electrons. The van der Waals surface area contributed by atoms with E-state index in [1.54, 1.807) is 12.1 Å². The van der Waals surface area contributed by atoms with Crippen LogP contribution in [0.3, 0.4) is 0 Å². The molecule has 0 atom stereocenters. The monoisotopic (exact) mass is 299 g/mol. The van der Waals surface area contributed by atoms with Crippen LogP contribution in [0.2, 0.25) is 0 Å². The van der Waals surface area contributed by atoms with E-state index in [0.717, 1.165) is 0 Å². The Morgan fingerprint density at radius 3 is 2.85 bits per heavy atom. The minimum Gasteiger partial charge on any atom is -0.396 e. The predicted octanol–water partition coefficient (Wildman–Crippen LogP) is 0.509. The molecule has 0 aromatic heterocycles. The van der Waals surface area contributed by atoms with E-state index in [1.807, 2.05) is 0 Å². The summed E-state index contributed by atoms with van der Waals surface area (Å²) in [5.41, 5.74) is 5.96. The molecule has 0 aliphatic carbocycles. The molecule has 0 radical (unpaired) electrons. The van der Waals surface area contributed by atoms with E-state index in [0.29, 0.717) is 30.2 Å². The number of aliphatic hydroxyl groups excluding tert-OH is 1. The first-order valence-corrected chi connectivity index (χ1v) is 7.19. The molecule has 1 aromatic rings. The molecule has 0 spiro atoms. The number of carbonyl (C=O) groups is 1. The number of aliphatic hydroxyl groups is 1. The van der Waals surface area contributed by atoms with E-state index in [9.17, 15) is 14.9 Å². The third kappa shape index (κ3) is 4.80.